The molecule has 7 heteroatoms. The minimum Gasteiger partial charge on any atom is -0.325 e. The molecule has 0 aromatic carbocycles. The molecule has 2 rings (SSSR count). The molecule has 1 aliphatic rings. The molecule has 2 heterocycles. The molecule has 1 amide bonds. The van der Waals surface area contributed by atoms with Crippen LogP contribution in [0.25, 0.3) is 0 Å². The summed E-state index contributed by atoms with van der Waals surface area (Å²) in [6, 6.07) is 3.42. The number of pyridine rings is 1. The fourth-order valence-electron chi connectivity index (χ4n) is 1.87. The number of nitrogens with zero attached hydrogens (tertiary/aromatic N) is 2. The van der Waals surface area contributed by atoms with Crippen molar-refractivity contribution >= 4 is 15.9 Å². The molecule has 2 N–H and O–H groups in total. The Kier molecular flexibility index (Phi) is 2.90. The number of nitrogens with two attached hydrogens (primary N) is 1. The second-order valence-corrected chi connectivity index (χ2v) is 7.05. The maximum Gasteiger partial charge on any atom is 0.259 e. The Balaban J connectivity index is 2.30. The smallest absolute Gasteiger partial charge is 0.259 e. The van der Waals surface area contributed by atoms with E-state index in [1.54, 1.807) is 18.3 Å². The van der Waals surface area contributed by atoms with Gasteiger partial charge in [0, 0.05) is 12.7 Å². The Morgan fingerprint density at radius 2 is 2.11 bits per heavy atom. The van der Waals surface area contributed by atoms with Gasteiger partial charge in [0.2, 0.25) is 0 Å². The zero-order chi connectivity index (χ0) is 13.6. The first kappa shape index (κ1) is 13.0. The quantitative estimate of drug-likeness (QED) is 0.833. The standard InChI is InChI=1S/C11H15N3O3S/c1-11(2)10(15)14(18(11,16)17)7-8-4-3-5-13-9(8)6-12/h3-5H,6-7,12H2,1-2H3. The fraction of sp³-hybridized carbons (Fsp3) is 0.455. The van der Waals surface area contributed by atoms with Crippen LogP contribution in [-0.4, -0.2) is 28.4 Å². The number of aromatic nitrogens is 1. The highest BCUT2D eigenvalue weighted by Crippen LogP contribution is 2.36. The summed E-state index contributed by atoms with van der Waals surface area (Å²) in [5.41, 5.74) is 6.79. The molecule has 0 radical (unpaired) electrons. The average Bonchev–Trinajstić information content (AvgIpc) is 2.35. The first-order valence-corrected chi connectivity index (χ1v) is 6.96. The molecular weight excluding hydrogens is 254 g/mol. The summed E-state index contributed by atoms with van der Waals surface area (Å²) in [4.78, 5) is 15.9. The average molecular weight is 269 g/mol. The highest BCUT2D eigenvalue weighted by molar-refractivity contribution is 7.94. The van der Waals surface area contributed by atoms with E-state index in [2.05, 4.69) is 4.98 Å². The van der Waals surface area contributed by atoms with Crippen LogP contribution in [-0.2, 0) is 27.9 Å². The second-order valence-electron chi connectivity index (χ2n) is 4.64. The van der Waals surface area contributed by atoms with E-state index in [-0.39, 0.29) is 13.1 Å². The predicted octanol–water partition coefficient (Wildman–Crippen LogP) is -0.00910. The van der Waals surface area contributed by atoms with Crippen molar-refractivity contribution in [3.8, 4) is 0 Å². The fourth-order valence-corrected chi connectivity index (χ4v) is 3.37. The molecule has 0 atom stereocenters. The van der Waals surface area contributed by atoms with Crippen LogP contribution < -0.4 is 5.73 Å². The van der Waals surface area contributed by atoms with Crippen molar-refractivity contribution in [2.45, 2.75) is 31.7 Å². The number of carbonyl (C=O) groups is 1. The molecule has 1 saturated heterocycles. The van der Waals surface area contributed by atoms with Gasteiger partial charge in [0.25, 0.3) is 15.9 Å². The topological polar surface area (TPSA) is 93.4 Å². The Hall–Kier alpha value is -1.47. The van der Waals surface area contributed by atoms with Gasteiger partial charge in [-0.15, -0.1) is 0 Å². The Morgan fingerprint density at radius 3 is 2.67 bits per heavy atom. The number of carbonyl (C=O) groups excluding carboxylic acids is 1. The number of amides is 1. The Labute approximate surface area is 106 Å². The molecule has 0 saturated carbocycles. The summed E-state index contributed by atoms with van der Waals surface area (Å²) < 4.78 is 23.4. The number of hydrogen-bond donors (Lipinski definition) is 1. The largest absolute Gasteiger partial charge is 0.325 e. The van der Waals surface area contributed by atoms with Gasteiger partial charge in [-0.2, -0.15) is 0 Å². The van der Waals surface area contributed by atoms with Crippen molar-refractivity contribution < 1.29 is 13.2 Å². The van der Waals surface area contributed by atoms with Gasteiger partial charge in [-0.05, 0) is 25.5 Å². The lowest BCUT2D eigenvalue weighted by Crippen LogP contribution is -2.66. The van der Waals surface area contributed by atoms with Crippen LogP contribution in [0.1, 0.15) is 25.1 Å². The Bertz CT molecular complexity index is 595. The zero-order valence-electron chi connectivity index (χ0n) is 10.3. The van der Waals surface area contributed by atoms with Crippen LogP contribution in [0.4, 0.5) is 0 Å². The lowest BCUT2D eigenvalue weighted by Gasteiger charge is -2.43. The third-order valence-corrected chi connectivity index (χ3v) is 5.51. The molecule has 18 heavy (non-hydrogen) atoms. The van der Waals surface area contributed by atoms with Gasteiger partial charge in [-0.25, -0.2) is 12.7 Å². The van der Waals surface area contributed by atoms with E-state index in [0.717, 1.165) is 4.31 Å². The highest BCUT2D eigenvalue weighted by atomic mass is 32.2. The molecule has 1 aliphatic heterocycles. The van der Waals surface area contributed by atoms with Crippen molar-refractivity contribution in [3.05, 3.63) is 29.6 Å². The third-order valence-electron chi connectivity index (χ3n) is 3.17. The van der Waals surface area contributed by atoms with Crippen LogP contribution >= 0.6 is 0 Å². The summed E-state index contributed by atoms with van der Waals surface area (Å²) in [5.74, 6) is -0.394. The SMILES string of the molecule is CC1(C)C(=O)N(Cc2cccnc2CN)S1(=O)=O. The van der Waals surface area contributed by atoms with Crippen LogP contribution in [0.2, 0.25) is 0 Å². The predicted molar refractivity (Wildman–Crippen MR) is 65.7 cm³/mol. The van der Waals surface area contributed by atoms with Gasteiger partial charge in [-0.3, -0.25) is 9.78 Å². The van der Waals surface area contributed by atoms with E-state index in [4.69, 9.17) is 5.73 Å². The number of hydrogen-bond acceptors (Lipinski definition) is 5. The zero-order valence-corrected chi connectivity index (χ0v) is 11.1. The van der Waals surface area contributed by atoms with Gasteiger partial charge in [0.1, 0.15) is 0 Å². The molecule has 1 fully saturated rings. The lowest BCUT2D eigenvalue weighted by atomic mass is 10.1. The third kappa shape index (κ3) is 1.62. The van der Waals surface area contributed by atoms with Crippen molar-refractivity contribution in [1.29, 1.82) is 0 Å². The van der Waals surface area contributed by atoms with E-state index in [9.17, 15) is 13.2 Å². The molecule has 0 unspecified atom stereocenters. The summed E-state index contributed by atoms with van der Waals surface area (Å²) in [6.07, 6.45) is 1.59. The number of sulfonamides is 1. The summed E-state index contributed by atoms with van der Waals surface area (Å²) in [6.45, 7) is 3.04. The van der Waals surface area contributed by atoms with Crippen LogP contribution in [0.5, 0.6) is 0 Å². The van der Waals surface area contributed by atoms with E-state index in [1.165, 1.54) is 13.8 Å². The molecule has 0 aliphatic carbocycles. The van der Waals surface area contributed by atoms with Crippen molar-refractivity contribution in [2.75, 3.05) is 0 Å². The maximum absolute atomic E-state index is 11.9. The van der Waals surface area contributed by atoms with Gasteiger partial charge in [0.05, 0.1) is 12.2 Å². The lowest BCUT2D eigenvalue weighted by molar-refractivity contribution is -0.132. The van der Waals surface area contributed by atoms with E-state index in [0.29, 0.717) is 11.3 Å². The van der Waals surface area contributed by atoms with Crippen molar-refractivity contribution in [2.24, 2.45) is 5.73 Å². The van der Waals surface area contributed by atoms with Crippen LogP contribution in [0.15, 0.2) is 18.3 Å². The van der Waals surface area contributed by atoms with Gasteiger partial charge in [-0.1, -0.05) is 6.07 Å². The highest BCUT2D eigenvalue weighted by Gasteiger charge is 2.59. The summed E-state index contributed by atoms with van der Waals surface area (Å²) in [5, 5.41) is 0. The first-order valence-electron chi connectivity index (χ1n) is 5.52. The molecule has 98 valence electrons. The van der Waals surface area contributed by atoms with Crippen molar-refractivity contribution in [1.82, 2.24) is 9.29 Å². The van der Waals surface area contributed by atoms with Gasteiger partial charge in [0.15, 0.2) is 4.75 Å². The van der Waals surface area contributed by atoms with Crippen LogP contribution in [0, 0.1) is 0 Å². The maximum atomic E-state index is 11.9. The van der Waals surface area contributed by atoms with E-state index in [1.807, 2.05) is 0 Å². The molecule has 1 aromatic heterocycles. The molecule has 1 aromatic rings. The molecule has 0 bridgehead atoms. The van der Waals surface area contributed by atoms with E-state index >= 15 is 0 Å². The van der Waals surface area contributed by atoms with Crippen LogP contribution in [0.3, 0.4) is 0 Å². The van der Waals surface area contributed by atoms with Gasteiger partial charge < -0.3 is 5.73 Å². The molecular formula is C11H15N3O3S. The minimum atomic E-state index is -3.56. The second kappa shape index (κ2) is 4.03. The normalized spacial score (nSPS) is 20.6. The summed E-state index contributed by atoms with van der Waals surface area (Å²) in [7, 11) is -3.56. The van der Waals surface area contributed by atoms with Crippen molar-refractivity contribution in [3.63, 3.8) is 0 Å². The van der Waals surface area contributed by atoms with Gasteiger partial charge >= 0.3 is 0 Å². The molecule has 6 nitrogen and oxygen atoms in total. The number of rotatable bonds is 3. The first-order chi connectivity index (χ1) is 8.32. The summed E-state index contributed by atoms with van der Waals surface area (Å²) >= 11 is 0. The minimum absolute atomic E-state index is 0.00493. The Morgan fingerprint density at radius 1 is 1.44 bits per heavy atom. The molecule has 0 spiro atoms. The van der Waals surface area contributed by atoms with E-state index < -0.39 is 20.7 Å². The monoisotopic (exact) mass is 269 g/mol.